The van der Waals surface area contributed by atoms with Crippen molar-refractivity contribution >= 4 is 17.7 Å². The van der Waals surface area contributed by atoms with Crippen molar-refractivity contribution in [3.63, 3.8) is 0 Å². The molecule has 172 valence electrons. The van der Waals surface area contributed by atoms with Gasteiger partial charge in [0.05, 0.1) is 6.10 Å². The molecule has 0 aromatic rings. The molecule has 1 saturated heterocycles. The highest BCUT2D eigenvalue weighted by molar-refractivity contribution is 5.89. The highest BCUT2D eigenvalue weighted by Crippen LogP contribution is 2.75. The number of carbonyl (C=O) groups is 3. The first-order valence-corrected chi connectivity index (χ1v) is 11.7. The molecular formula is C26H32O6. The van der Waals surface area contributed by atoms with Gasteiger partial charge in [0.15, 0.2) is 11.4 Å². The summed E-state index contributed by atoms with van der Waals surface area (Å²) in [5.74, 6) is 0.302. The van der Waals surface area contributed by atoms with Crippen molar-refractivity contribution in [1.82, 2.24) is 0 Å². The summed E-state index contributed by atoms with van der Waals surface area (Å²) in [6.45, 7) is 9.08. The molecule has 5 rings (SSSR count). The maximum atomic E-state index is 13.0. The Balaban J connectivity index is 1.53. The Kier molecular flexibility index (Phi) is 4.50. The van der Waals surface area contributed by atoms with Gasteiger partial charge in [-0.05, 0) is 69.1 Å². The molecule has 0 bridgehead atoms. The summed E-state index contributed by atoms with van der Waals surface area (Å²) in [6.07, 6.45) is 11.4. The van der Waals surface area contributed by atoms with Crippen LogP contribution in [0.4, 0.5) is 0 Å². The lowest BCUT2D eigenvalue weighted by atomic mass is 9.48. The van der Waals surface area contributed by atoms with Crippen LogP contribution in [0.25, 0.3) is 0 Å². The van der Waals surface area contributed by atoms with Gasteiger partial charge in [-0.2, -0.15) is 0 Å². The molecule has 1 spiro atoms. The fourth-order valence-electron chi connectivity index (χ4n) is 7.70. The van der Waals surface area contributed by atoms with Crippen molar-refractivity contribution in [2.24, 2.45) is 22.7 Å². The third-order valence-electron chi connectivity index (χ3n) is 9.24. The number of Topliss-reactive ketones (excluding diaryl/α,β-unsaturated/α-hetero) is 1. The second-order valence-electron chi connectivity index (χ2n) is 10.6. The second kappa shape index (κ2) is 6.66. The zero-order valence-electron chi connectivity index (χ0n) is 19.5. The maximum Gasteiger partial charge on any atom is 0.308 e. The largest absolute Gasteiger partial charge is 0.450 e. The first-order valence-electron chi connectivity index (χ1n) is 11.7. The molecule has 32 heavy (non-hydrogen) atoms. The number of ketones is 1. The van der Waals surface area contributed by atoms with Crippen LogP contribution in [0.2, 0.25) is 0 Å². The fraction of sp³-hybridized carbons (Fsp3) is 0.654. The summed E-state index contributed by atoms with van der Waals surface area (Å²) in [6, 6.07) is 0. The third-order valence-corrected chi connectivity index (χ3v) is 9.24. The van der Waals surface area contributed by atoms with Crippen LogP contribution in [0.5, 0.6) is 0 Å². The lowest BCUT2D eigenvalue weighted by Gasteiger charge is -2.54. The number of allylic oxidation sites excluding steroid dienone is 3. The summed E-state index contributed by atoms with van der Waals surface area (Å²) in [5.41, 5.74) is -1.06. The van der Waals surface area contributed by atoms with Crippen LogP contribution in [0.3, 0.4) is 0 Å². The molecule has 0 aromatic heterocycles. The Morgan fingerprint density at radius 3 is 2.59 bits per heavy atom. The van der Waals surface area contributed by atoms with Gasteiger partial charge in [-0.3, -0.25) is 14.4 Å². The quantitative estimate of drug-likeness (QED) is 0.481. The zero-order chi connectivity index (χ0) is 23.1. The first kappa shape index (κ1) is 21.6. The lowest BCUT2D eigenvalue weighted by Crippen LogP contribution is -2.61. The predicted octanol–water partition coefficient (Wildman–Crippen LogP) is 4.19. The topological polar surface area (TPSA) is 82.2 Å². The molecular weight excluding hydrogens is 408 g/mol. The highest BCUT2D eigenvalue weighted by Gasteiger charge is 2.81. The summed E-state index contributed by atoms with van der Waals surface area (Å²) < 4.78 is 17.9. The van der Waals surface area contributed by atoms with Gasteiger partial charge in [0.2, 0.25) is 0 Å². The molecule has 3 fully saturated rings. The summed E-state index contributed by atoms with van der Waals surface area (Å²) in [4.78, 5) is 36.8. The van der Waals surface area contributed by atoms with E-state index in [1.165, 1.54) is 6.92 Å². The van der Waals surface area contributed by atoms with Gasteiger partial charge in [0.25, 0.3) is 0 Å². The normalized spacial score (nSPS) is 45.3. The minimum Gasteiger partial charge on any atom is -0.450 e. The standard InChI is InChI=1S/C26H32O6/c1-6-22(29)32-25(15(2)27)12-10-19-20-8-7-17-13-18(30-16(3)28)9-11-23(17,4)26(20)21(31-26)14-24(19,25)5/h7,9,11,13,19-21H,6,8,10,12,14H2,1-5H3/t19-,20-,21-,23-,24-,25-,26+/m0/s1. The Morgan fingerprint density at radius 2 is 1.94 bits per heavy atom. The second-order valence-corrected chi connectivity index (χ2v) is 10.6. The fourth-order valence-corrected chi connectivity index (χ4v) is 7.70. The minimum absolute atomic E-state index is 0.00655. The van der Waals surface area contributed by atoms with Crippen LogP contribution >= 0.6 is 0 Å². The van der Waals surface area contributed by atoms with E-state index in [1.54, 1.807) is 13.8 Å². The van der Waals surface area contributed by atoms with Crippen LogP contribution in [-0.4, -0.2) is 35.0 Å². The van der Waals surface area contributed by atoms with Crippen molar-refractivity contribution in [2.75, 3.05) is 0 Å². The predicted molar refractivity (Wildman–Crippen MR) is 116 cm³/mol. The average Bonchev–Trinajstić information content (AvgIpc) is 3.37. The number of ether oxygens (including phenoxy) is 3. The summed E-state index contributed by atoms with van der Waals surface area (Å²) in [7, 11) is 0. The van der Waals surface area contributed by atoms with E-state index in [1.807, 2.05) is 12.2 Å². The Bertz CT molecular complexity index is 1010. The third kappa shape index (κ3) is 2.47. The van der Waals surface area contributed by atoms with E-state index in [2.05, 4.69) is 26.0 Å². The van der Waals surface area contributed by atoms with Crippen LogP contribution in [0.1, 0.15) is 66.7 Å². The first-order chi connectivity index (χ1) is 15.0. The van der Waals surface area contributed by atoms with E-state index >= 15 is 0 Å². The molecule has 0 aromatic carbocycles. The number of rotatable bonds is 4. The molecule has 4 aliphatic carbocycles. The molecule has 2 saturated carbocycles. The number of hydrogen-bond acceptors (Lipinski definition) is 6. The summed E-state index contributed by atoms with van der Waals surface area (Å²) in [5, 5.41) is 0. The number of carbonyl (C=O) groups excluding carboxylic acids is 3. The lowest BCUT2D eigenvalue weighted by molar-refractivity contribution is -0.185. The minimum atomic E-state index is -1.07. The van der Waals surface area contributed by atoms with Gasteiger partial charge in [0, 0.05) is 24.2 Å². The molecule has 6 nitrogen and oxygen atoms in total. The van der Waals surface area contributed by atoms with Gasteiger partial charge in [-0.25, -0.2) is 0 Å². The van der Waals surface area contributed by atoms with Crippen LogP contribution in [0.15, 0.2) is 35.6 Å². The van der Waals surface area contributed by atoms with Crippen LogP contribution < -0.4 is 0 Å². The van der Waals surface area contributed by atoms with Gasteiger partial charge in [-0.15, -0.1) is 0 Å². The van der Waals surface area contributed by atoms with Gasteiger partial charge >= 0.3 is 11.9 Å². The molecule has 1 heterocycles. The van der Waals surface area contributed by atoms with E-state index < -0.39 is 11.0 Å². The summed E-state index contributed by atoms with van der Waals surface area (Å²) >= 11 is 0. The average molecular weight is 441 g/mol. The molecule has 0 unspecified atom stereocenters. The van der Waals surface area contributed by atoms with Crippen molar-refractivity contribution < 1.29 is 28.6 Å². The number of esters is 2. The Morgan fingerprint density at radius 1 is 1.19 bits per heavy atom. The molecule has 5 aliphatic rings. The van der Waals surface area contributed by atoms with Crippen LogP contribution in [-0.2, 0) is 28.6 Å². The van der Waals surface area contributed by atoms with Crippen LogP contribution in [0, 0.1) is 22.7 Å². The molecule has 1 aliphatic heterocycles. The molecule has 6 heteroatoms. The van der Waals surface area contributed by atoms with Crippen molar-refractivity contribution in [1.29, 1.82) is 0 Å². The molecule has 7 atom stereocenters. The van der Waals surface area contributed by atoms with Crippen molar-refractivity contribution in [3.8, 4) is 0 Å². The maximum absolute atomic E-state index is 13.0. The zero-order valence-corrected chi connectivity index (χ0v) is 19.5. The van der Waals surface area contributed by atoms with E-state index in [-0.39, 0.29) is 53.1 Å². The van der Waals surface area contributed by atoms with E-state index in [0.717, 1.165) is 18.4 Å². The Hall–Kier alpha value is -2.21. The molecule has 0 radical (unpaired) electrons. The van der Waals surface area contributed by atoms with Crippen molar-refractivity contribution in [2.45, 2.75) is 84.0 Å². The highest BCUT2D eigenvalue weighted by atomic mass is 16.6. The number of fused-ring (bicyclic) bond motifs is 3. The van der Waals surface area contributed by atoms with E-state index in [9.17, 15) is 14.4 Å². The van der Waals surface area contributed by atoms with E-state index in [4.69, 9.17) is 14.2 Å². The van der Waals surface area contributed by atoms with E-state index in [0.29, 0.717) is 18.6 Å². The smallest absolute Gasteiger partial charge is 0.308 e. The Labute approximate surface area is 189 Å². The monoisotopic (exact) mass is 440 g/mol. The van der Waals surface area contributed by atoms with Crippen molar-refractivity contribution in [3.05, 3.63) is 35.6 Å². The SMILES string of the molecule is CCC(=O)O[C@]1(C(C)=O)CC[C@H]2[C@@H]3CC=C4C=C(OC(C)=O)C=C[C@]4(C)[C@@]34O[C@H]4C[C@@]21C. The molecule has 0 N–H and O–H groups in total. The number of epoxide rings is 1. The van der Waals surface area contributed by atoms with Gasteiger partial charge in [-0.1, -0.05) is 26.0 Å². The van der Waals surface area contributed by atoms with Gasteiger partial charge in [0.1, 0.15) is 11.4 Å². The molecule has 0 amide bonds. The van der Waals surface area contributed by atoms with Gasteiger partial charge < -0.3 is 14.2 Å². The number of hydrogen-bond donors (Lipinski definition) is 0.